The van der Waals surface area contributed by atoms with E-state index in [1.165, 1.54) is 56.8 Å². The van der Waals surface area contributed by atoms with Crippen LogP contribution in [0.15, 0.2) is 0 Å². The second-order valence-corrected chi connectivity index (χ2v) is 6.12. The number of ether oxygens (including phenoxy) is 1. The van der Waals surface area contributed by atoms with Crippen LogP contribution in [0.1, 0.15) is 55.1 Å². The number of carbonyl (C=O) groups is 1. The minimum Gasteiger partial charge on any atom is -0.492 e. The Morgan fingerprint density at radius 2 is 1.95 bits per heavy atom. The molecule has 1 aliphatic rings. The van der Waals surface area contributed by atoms with Gasteiger partial charge in [-0.1, -0.05) is 25.7 Å². The standard InChI is InChI=1S/C14H22N2O2S/c1-9(17)13-11(15)12(18-2)14(19-13)16-10-7-5-3-4-6-8-10/h10,16H,3-8,15H2,1-2H3. The van der Waals surface area contributed by atoms with Gasteiger partial charge in [0.05, 0.1) is 17.7 Å². The molecular weight excluding hydrogens is 260 g/mol. The van der Waals surface area contributed by atoms with Crippen molar-refractivity contribution < 1.29 is 9.53 Å². The maximum absolute atomic E-state index is 11.5. The van der Waals surface area contributed by atoms with Gasteiger partial charge in [0.1, 0.15) is 5.00 Å². The second kappa shape index (κ2) is 6.28. The van der Waals surface area contributed by atoms with Gasteiger partial charge in [0, 0.05) is 13.0 Å². The summed E-state index contributed by atoms with van der Waals surface area (Å²) in [6, 6.07) is 0.467. The summed E-state index contributed by atoms with van der Waals surface area (Å²) in [5.74, 6) is 0.620. The van der Waals surface area contributed by atoms with E-state index in [1.54, 1.807) is 7.11 Å². The summed E-state index contributed by atoms with van der Waals surface area (Å²) < 4.78 is 5.35. The van der Waals surface area contributed by atoms with Gasteiger partial charge < -0.3 is 15.8 Å². The number of hydrogen-bond donors (Lipinski definition) is 2. The van der Waals surface area contributed by atoms with Crippen LogP contribution in [-0.2, 0) is 0 Å². The van der Waals surface area contributed by atoms with Gasteiger partial charge in [0.15, 0.2) is 11.5 Å². The van der Waals surface area contributed by atoms with E-state index in [0.717, 1.165) is 5.00 Å². The van der Waals surface area contributed by atoms with Crippen LogP contribution in [0.4, 0.5) is 10.7 Å². The molecule has 0 amide bonds. The number of nitrogens with one attached hydrogen (secondary N) is 1. The number of Topliss-reactive ketones (excluding diaryl/α,β-unsaturated/α-hetero) is 1. The number of thiophene rings is 1. The summed E-state index contributed by atoms with van der Waals surface area (Å²) in [7, 11) is 1.60. The highest BCUT2D eigenvalue weighted by molar-refractivity contribution is 7.19. The molecule has 106 valence electrons. The molecule has 4 nitrogen and oxygen atoms in total. The lowest BCUT2D eigenvalue weighted by Crippen LogP contribution is -2.17. The van der Waals surface area contributed by atoms with Gasteiger partial charge in [-0.15, -0.1) is 11.3 Å². The molecule has 1 heterocycles. The normalized spacial score (nSPS) is 16.9. The fraction of sp³-hybridized carbons (Fsp3) is 0.643. The van der Waals surface area contributed by atoms with Crippen molar-refractivity contribution in [2.75, 3.05) is 18.2 Å². The Bertz CT molecular complexity index is 449. The van der Waals surface area contributed by atoms with Crippen LogP contribution in [0, 0.1) is 0 Å². The van der Waals surface area contributed by atoms with Crippen molar-refractivity contribution in [2.45, 2.75) is 51.5 Å². The third-order valence-electron chi connectivity index (χ3n) is 3.61. The quantitative estimate of drug-likeness (QED) is 0.653. The number of hydrogen-bond acceptors (Lipinski definition) is 5. The summed E-state index contributed by atoms with van der Waals surface area (Å²) in [6.07, 6.45) is 7.52. The number of carbonyl (C=O) groups excluding carboxylic acids is 1. The molecule has 2 rings (SSSR count). The van der Waals surface area contributed by atoms with E-state index in [1.807, 2.05) is 0 Å². The summed E-state index contributed by atoms with van der Waals surface area (Å²) in [5, 5.41) is 4.42. The number of ketones is 1. The van der Waals surface area contributed by atoms with Gasteiger partial charge in [0.2, 0.25) is 0 Å². The van der Waals surface area contributed by atoms with E-state index in [2.05, 4.69) is 5.32 Å². The zero-order valence-corrected chi connectivity index (χ0v) is 12.4. The van der Waals surface area contributed by atoms with Crippen molar-refractivity contribution >= 4 is 27.8 Å². The molecule has 0 saturated heterocycles. The SMILES string of the molecule is COc1c(NC2CCCCCC2)sc(C(C)=O)c1N. The van der Waals surface area contributed by atoms with Crippen LogP contribution in [0.2, 0.25) is 0 Å². The fourth-order valence-electron chi connectivity index (χ4n) is 2.60. The molecule has 3 N–H and O–H groups in total. The molecule has 1 aromatic rings. The lowest BCUT2D eigenvalue weighted by Gasteiger charge is -2.17. The van der Waals surface area contributed by atoms with Gasteiger partial charge in [-0.2, -0.15) is 0 Å². The van der Waals surface area contributed by atoms with E-state index >= 15 is 0 Å². The smallest absolute Gasteiger partial charge is 0.176 e. The third-order valence-corrected chi connectivity index (χ3v) is 4.83. The number of nitrogen functional groups attached to an aromatic ring is 1. The number of methoxy groups -OCH3 is 1. The van der Waals surface area contributed by atoms with Gasteiger partial charge in [0.25, 0.3) is 0 Å². The molecule has 0 bridgehead atoms. The van der Waals surface area contributed by atoms with Crippen LogP contribution in [0.25, 0.3) is 0 Å². The van der Waals surface area contributed by atoms with Gasteiger partial charge >= 0.3 is 0 Å². The maximum atomic E-state index is 11.5. The van der Waals surface area contributed by atoms with Crippen LogP contribution in [-0.4, -0.2) is 18.9 Å². The Balaban J connectivity index is 2.18. The Morgan fingerprint density at radius 1 is 1.32 bits per heavy atom. The molecule has 0 unspecified atom stereocenters. The zero-order chi connectivity index (χ0) is 13.8. The Morgan fingerprint density at radius 3 is 2.47 bits per heavy atom. The Labute approximate surface area is 118 Å². The molecule has 0 atom stereocenters. The predicted molar refractivity (Wildman–Crippen MR) is 80.4 cm³/mol. The van der Waals surface area contributed by atoms with Crippen LogP contribution >= 0.6 is 11.3 Å². The summed E-state index contributed by atoms with van der Waals surface area (Å²) >= 11 is 1.41. The predicted octanol–water partition coefficient (Wildman–Crippen LogP) is 3.68. The van der Waals surface area contributed by atoms with Gasteiger partial charge in [-0.05, 0) is 12.8 Å². The van der Waals surface area contributed by atoms with Crippen LogP contribution in [0.3, 0.4) is 0 Å². The third kappa shape index (κ3) is 3.21. The Kier molecular flexibility index (Phi) is 4.69. The highest BCUT2D eigenvalue weighted by Crippen LogP contribution is 2.43. The topological polar surface area (TPSA) is 64.3 Å². The van der Waals surface area contributed by atoms with Crippen LogP contribution < -0.4 is 15.8 Å². The number of rotatable bonds is 4. The van der Waals surface area contributed by atoms with E-state index in [-0.39, 0.29) is 5.78 Å². The molecule has 1 aromatic heterocycles. The van der Waals surface area contributed by atoms with Gasteiger partial charge in [-0.25, -0.2) is 0 Å². The maximum Gasteiger partial charge on any atom is 0.176 e. The molecule has 5 heteroatoms. The lowest BCUT2D eigenvalue weighted by atomic mass is 10.1. The van der Waals surface area contributed by atoms with Crippen molar-refractivity contribution in [3.05, 3.63) is 4.88 Å². The zero-order valence-electron chi connectivity index (χ0n) is 11.6. The molecule has 0 spiro atoms. The first-order chi connectivity index (χ1) is 9.13. The summed E-state index contributed by atoms with van der Waals surface area (Å²) in [5.41, 5.74) is 6.44. The highest BCUT2D eigenvalue weighted by atomic mass is 32.1. The van der Waals surface area contributed by atoms with Crippen molar-refractivity contribution in [3.63, 3.8) is 0 Å². The number of anilines is 2. The van der Waals surface area contributed by atoms with Crippen molar-refractivity contribution in [2.24, 2.45) is 0 Å². The fourth-order valence-corrected chi connectivity index (χ4v) is 3.66. The van der Waals surface area contributed by atoms with Crippen LogP contribution in [0.5, 0.6) is 5.75 Å². The van der Waals surface area contributed by atoms with E-state index in [9.17, 15) is 4.79 Å². The minimum absolute atomic E-state index is 0.00489. The first-order valence-corrected chi connectivity index (χ1v) is 7.69. The molecule has 0 radical (unpaired) electrons. The molecule has 1 saturated carbocycles. The van der Waals surface area contributed by atoms with E-state index in [4.69, 9.17) is 10.5 Å². The van der Waals surface area contributed by atoms with E-state index in [0.29, 0.717) is 22.4 Å². The molecular formula is C14H22N2O2S. The average molecular weight is 282 g/mol. The lowest BCUT2D eigenvalue weighted by molar-refractivity contribution is 0.102. The largest absolute Gasteiger partial charge is 0.492 e. The first kappa shape index (κ1) is 14.2. The summed E-state index contributed by atoms with van der Waals surface area (Å²) in [4.78, 5) is 12.1. The monoisotopic (exact) mass is 282 g/mol. The summed E-state index contributed by atoms with van der Waals surface area (Å²) in [6.45, 7) is 1.54. The average Bonchev–Trinajstić information content (AvgIpc) is 2.55. The molecule has 0 aliphatic heterocycles. The highest BCUT2D eigenvalue weighted by Gasteiger charge is 2.22. The van der Waals surface area contributed by atoms with E-state index < -0.39 is 0 Å². The first-order valence-electron chi connectivity index (χ1n) is 6.87. The molecule has 1 fully saturated rings. The molecule has 1 aliphatic carbocycles. The van der Waals surface area contributed by atoms with Crippen molar-refractivity contribution in [3.8, 4) is 5.75 Å². The molecule has 19 heavy (non-hydrogen) atoms. The Hall–Kier alpha value is -1.23. The van der Waals surface area contributed by atoms with Gasteiger partial charge in [-0.3, -0.25) is 4.79 Å². The van der Waals surface area contributed by atoms with Crippen molar-refractivity contribution in [1.29, 1.82) is 0 Å². The second-order valence-electron chi connectivity index (χ2n) is 5.10. The minimum atomic E-state index is -0.00489. The van der Waals surface area contributed by atoms with Crippen molar-refractivity contribution in [1.82, 2.24) is 0 Å². The number of nitrogens with two attached hydrogens (primary N) is 1. The molecule has 0 aromatic carbocycles.